The van der Waals surface area contributed by atoms with Crippen molar-refractivity contribution in [1.82, 2.24) is 10.3 Å². The zero-order chi connectivity index (χ0) is 55.6. The van der Waals surface area contributed by atoms with Crippen LogP contribution in [0.15, 0.2) is 27.0 Å². The molecular formula is C45H76ClN11O18. The Hall–Kier alpha value is -5.23. The number of alkyl halides is 1. The number of aliphatic hydroxyl groups excluding tert-OH is 2. The number of nitrogens with one attached hydrogen (secondary N) is 1. The van der Waals surface area contributed by atoms with Gasteiger partial charge in [-0.1, -0.05) is 28.0 Å². The number of benzene rings is 1. The van der Waals surface area contributed by atoms with Gasteiger partial charge in [-0.05, 0) is 27.4 Å². The zero-order valence-corrected chi connectivity index (χ0v) is 43.4. The number of aromatic nitrogens is 2. The molecule has 0 saturated heterocycles. The monoisotopic (exact) mass is 1090 g/mol. The predicted molar refractivity (Wildman–Crippen MR) is 276 cm³/mol. The van der Waals surface area contributed by atoms with Gasteiger partial charge in [0.2, 0.25) is 5.52 Å². The van der Waals surface area contributed by atoms with Crippen molar-refractivity contribution in [3.05, 3.63) is 43.1 Å². The van der Waals surface area contributed by atoms with Crippen LogP contribution in [-0.4, -0.2) is 243 Å². The second-order valence-electron chi connectivity index (χ2n) is 13.0. The number of hydrogen-bond donors (Lipinski definition) is 4. The molecule has 1 aromatic carbocycles. The average molecular weight is 1090 g/mol. The number of nitro benzene ring substituents is 1. The number of rotatable bonds is 46. The Morgan fingerprint density at radius 2 is 0.947 bits per heavy atom. The van der Waals surface area contributed by atoms with Crippen molar-refractivity contribution in [1.29, 1.82) is 0 Å². The van der Waals surface area contributed by atoms with E-state index in [0.717, 1.165) is 0 Å². The molecule has 426 valence electrons. The Labute approximate surface area is 443 Å². The van der Waals surface area contributed by atoms with Gasteiger partial charge in [0.1, 0.15) is 19.8 Å². The summed E-state index contributed by atoms with van der Waals surface area (Å²) in [6, 6.07) is 2.91. The van der Waals surface area contributed by atoms with E-state index in [1.807, 2.05) is 0 Å². The van der Waals surface area contributed by atoms with Crippen LogP contribution in [0, 0.1) is 47.1 Å². The minimum Gasteiger partial charge on any atom is -0.394 e. The first-order valence-electron chi connectivity index (χ1n) is 23.3. The Morgan fingerprint density at radius 1 is 0.587 bits per heavy atom. The molecule has 0 fully saturated rings. The summed E-state index contributed by atoms with van der Waals surface area (Å²) < 4.78 is 70.7. The van der Waals surface area contributed by atoms with E-state index >= 15 is 0 Å². The molecule has 0 atom stereocenters. The normalized spacial score (nSPS) is 9.99. The lowest BCUT2D eigenvalue weighted by Crippen LogP contribution is -2.14. The average Bonchev–Trinajstić information content (AvgIpc) is 3.92. The maximum atomic E-state index is 10.9. The molecule has 0 amide bonds. The molecule has 0 aliphatic heterocycles. The topological polar surface area (TPSA) is 378 Å². The molecule has 5 N–H and O–H groups in total. The van der Waals surface area contributed by atoms with Crippen molar-refractivity contribution in [2.45, 2.75) is 0 Å². The summed E-state index contributed by atoms with van der Waals surface area (Å²) >= 11 is 5.34. The zero-order valence-electron chi connectivity index (χ0n) is 42.6. The fraction of sp³-hybridized carbons (Fsp3) is 0.733. The number of anilines is 1. The Balaban J connectivity index is -0.000000907. The number of nitro groups is 1. The summed E-state index contributed by atoms with van der Waals surface area (Å²) in [5, 5.41) is 44.4. The number of halogens is 1. The standard InChI is InChI=1S/C15H18N4O6.C9H15N3O3.C9H17NO3.C6H13ClO3.C6H13N3O3/c1-2-6-22-8-10-24-11-9-23-7-5-16-12-3-4-13(19(20)21)15-14(12)17-25-18-15;1-2-4-13-6-8-15-9-7-14-5-3-11-12-10;1-2-4-11-6-8-13-9-7-12-5-3-10;7-1-3-9-5-6-10-4-2-8;7-9-8-1-3-11-5-6-12-4-2-10/h1,3-4,16H,5-11H2;1H,3-9H2;1H,3-10H2;8H,1-6H2;10H,1-6H2. The van der Waals surface area contributed by atoms with E-state index in [1.165, 1.54) is 6.07 Å². The fourth-order valence-electron chi connectivity index (χ4n) is 4.33. The van der Waals surface area contributed by atoms with Gasteiger partial charge < -0.3 is 82.8 Å². The van der Waals surface area contributed by atoms with Gasteiger partial charge >= 0.3 is 5.69 Å². The Kier molecular flexibility index (Phi) is 65.9. The van der Waals surface area contributed by atoms with Crippen molar-refractivity contribution >= 4 is 34.0 Å². The van der Waals surface area contributed by atoms with Crippen molar-refractivity contribution in [2.75, 3.05) is 222 Å². The maximum absolute atomic E-state index is 10.9. The minimum absolute atomic E-state index is 0.0265. The fourth-order valence-corrected chi connectivity index (χ4v) is 4.43. The smallest absolute Gasteiger partial charge is 0.300 e. The Bertz CT molecular complexity index is 1770. The van der Waals surface area contributed by atoms with E-state index in [4.69, 9.17) is 119 Å². The van der Waals surface area contributed by atoms with E-state index in [1.54, 1.807) is 6.07 Å². The second-order valence-corrected chi connectivity index (χ2v) is 13.4. The van der Waals surface area contributed by atoms with Crippen molar-refractivity contribution < 1.29 is 81.3 Å². The van der Waals surface area contributed by atoms with Gasteiger partial charge in [-0.15, -0.1) is 30.9 Å². The second kappa shape index (κ2) is 66.8. The highest BCUT2D eigenvalue weighted by Gasteiger charge is 2.19. The highest BCUT2D eigenvalue weighted by atomic mass is 35.5. The molecule has 0 unspecified atom stereocenters. The molecule has 0 spiro atoms. The third-order valence-electron chi connectivity index (χ3n) is 7.44. The first-order valence-corrected chi connectivity index (χ1v) is 23.9. The quantitative estimate of drug-likeness (QED) is 0.0108. The first kappa shape index (κ1) is 74.0. The van der Waals surface area contributed by atoms with E-state index in [0.29, 0.717) is 208 Å². The Morgan fingerprint density at radius 3 is 1.32 bits per heavy atom. The number of ether oxygens (including phenoxy) is 13. The van der Waals surface area contributed by atoms with Crippen LogP contribution in [0.25, 0.3) is 31.9 Å². The molecule has 29 nitrogen and oxygen atoms in total. The summed E-state index contributed by atoms with van der Waals surface area (Å²) in [5.74, 6) is 7.61. The number of aliphatic hydroxyl groups is 2. The number of nitrogens with zero attached hydrogens (tertiary/aromatic N) is 9. The van der Waals surface area contributed by atoms with Crippen molar-refractivity contribution in [3.8, 4) is 37.0 Å². The molecular weight excluding hydrogens is 1020 g/mol. The third-order valence-corrected chi connectivity index (χ3v) is 7.59. The molecule has 30 heteroatoms. The molecule has 0 radical (unpaired) electrons. The van der Waals surface area contributed by atoms with Crippen LogP contribution in [0.2, 0.25) is 0 Å². The van der Waals surface area contributed by atoms with Crippen LogP contribution in [0.5, 0.6) is 0 Å². The number of hydrogen-bond acceptors (Lipinski definition) is 24. The largest absolute Gasteiger partial charge is 0.394 e. The minimum atomic E-state index is -0.531. The van der Waals surface area contributed by atoms with Gasteiger partial charge in [-0.2, -0.15) is 0 Å². The molecule has 1 aromatic heterocycles. The highest BCUT2D eigenvalue weighted by Crippen LogP contribution is 2.28. The highest BCUT2D eigenvalue weighted by molar-refractivity contribution is 6.17. The number of azide groups is 2. The van der Waals surface area contributed by atoms with Gasteiger partial charge in [0, 0.05) is 47.9 Å². The SMILES string of the molecule is C#CCOCCOCCOCCN.C#CCOCCOCCOCCN=[N+]=[N-].C#CCOCCOCCOCCNc1ccc([N+](=O)[O-])c2nonc12.OCCOCCOCCCl.[N-]=[N+]=NCCOCCOCCO. The number of terminal acetylenes is 3. The summed E-state index contributed by atoms with van der Waals surface area (Å²) in [4.78, 5) is 15.5. The molecule has 0 saturated carbocycles. The van der Waals surface area contributed by atoms with Crippen LogP contribution in [-0.2, 0) is 61.6 Å². The van der Waals surface area contributed by atoms with Crippen molar-refractivity contribution in [3.63, 3.8) is 0 Å². The van der Waals surface area contributed by atoms with E-state index in [9.17, 15) is 10.1 Å². The molecule has 0 aliphatic carbocycles. The molecule has 2 aromatic rings. The molecule has 75 heavy (non-hydrogen) atoms. The van der Waals surface area contributed by atoms with E-state index in [-0.39, 0.29) is 31.0 Å². The van der Waals surface area contributed by atoms with Crippen molar-refractivity contribution in [2.24, 2.45) is 16.0 Å². The van der Waals surface area contributed by atoms with Crippen LogP contribution < -0.4 is 11.1 Å². The summed E-state index contributed by atoms with van der Waals surface area (Å²) in [6.45, 7) is 13.9. The van der Waals surface area contributed by atoms with Crippen LogP contribution >= 0.6 is 11.6 Å². The molecule has 1 heterocycles. The number of fused-ring (bicyclic) bond motifs is 1. The number of nitrogens with two attached hydrogens (primary N) is 1. The summed E-state index contributed by atoms with van der Waals surface area (Å²) in [7, 11) is 0. The van der Waals surface area contributed by atoms with Gasteiger partial charge in [0.15, 0.2) is 5.52 Å². The maximum Gasteiger partial charge on any atom is 0.300 e. The lowest BCUT2D eigenvalue weighted by atomic mass is 10.2. The van der Waals surface area contributed by atoms with Gasteiger partial charge in [0.05, 0.1) is 176 Å². The van der Waals surface area contributed by atoms with Crippen LogP contribution in [0.4, 0.5) is 11.4 Å². The van der Waals surface area contributed by atoms with Gasteiger partial charge in [-0.3, -0.25) is 10.1 Å². The lowest BCUT2D eigenvalue weighted by Gasteiger charge is -2.08. The number of non-ortho nitro benzene ring substituents is 1. The van der Waals surface area contributed by atoms with Crippen LogP contribution in [0.3, 0.4) is 0 Å². The molecule has 2 rings (SSSR count). The lowest BCUT2D eigenvalue weighted by molar-refractivity contribution is -0.383. The predicted octanol–water partition coefficient (Wildman–Crippen LogP) is 2.41. The van der Waals surface area contributed by atoms with Crippen LogP contribution in [0.1, 0.15) is 0 Å². The van der Waals surface area contributed by atoms with E-state index < -0.39 is 4.92 Å². The van der Waals surface area contributed by atoms with Gasteiger partial charge in [0.25, 0.3) is 0 Å². The van der Waals surface area contributed by atoms with Gasteiger partial charge in [-0.25, -0.2) is 4.63 Å². The first-order chi connectivity index (χ1) is 36.9. The summed E-state index contributed by atoms with van der Waals surface area (Å²) in [5.41, 5.74) is 21.9. The third kappa shape index (κ3) is 57.9. The van der Waals surface area contributed by atoms with E-state index in [2.05, 4.69) is 58.1 Å². The molecule has 0 aliphatic rings. The summed E-state index contributed by atoms with van der Waals surface area (Å²) in [6.07, 6.45) is 15.0. The molecule has 0 bridgehead atoms.